The summed E-state index contributed by atoms with van der Waals surface area (Å²) in [4.78, 5) is 24.2. The van der Waals surface area contributed by atoms with Gasteiger partial charge in [-0.3, -0.25) is 14.5 Å². The maximum absolute atomic E-state index is 13.7. The number of carbonyl (C=O) groups is 2. The zero-order chi connectivity index (χ0) is 14.7. The van der Waals surface area contributed by atoms with Gasteiger partial charge in [0.2, 0.25) is 0 Å². The van der Waals surface area contributed by atoms with Crippen LogP contribution in [0.1, 0.15) is 5.56 Å². The molecule has 1 aromatic rings. The van der Waals surface area contributed by atoms with Gasteiger partial charge >= 0.3 is 0 Å². The van der Waals surface area contributed by atoms with Gasteiger partial charge in [0.1, 0.15) is 17.6 Å². The molecule has 0 saturated carbocycles. The van der Waals surface area contributed by atoms with Crippen molar-refractivity contribution >= 4 is 17.5 Å². The Morgan fingerprint density at radius 2 is 2.15 bits per heavy atom. The summed E-state index contributed by atoms with van der Waals surface area (Å²) in [7, 11) is 0. The molecule has 6 nitrogen and oxygen atoms in total. The molecule has 0 radical (unpaired) electrons. The first-order valence-electron chi connectivity index (χ1n) is 5.72. The molecule has 0 unspecified atom stereocenters. The van der Waals surface area contributed by atoms with Crippen LogP contribution >= 0.6 is 0 Å². The molecule has 7 heteroatoms. The van der Waals surface area contributed by atoms with Crippen LogP contribution in [0, 0.1) is 17.1 Å². The molecule has 2 N–H and O–H groups in total. The van der Waals surface area contributed by atoms with Crippen molar-refractivity contribution in [3.8, 4) is 6.07 Å². The maximum Gasteiger partial charge on any atom is 0.277 e. The lowest BCUT2D eigenvalue weighted by molar-refractivity contribution is -0.137. The number of nitrogens with one attached hydrogen (secondary N) is 1. The summed E-state index contributed by atoms with van der Waals surface area (Å²) in [6.45, 7) is -0.497. The number of nitriles is 1. The molecule has 102 valence electrons. The molecule has 20 heavy (non-hydrogen) atoms. The number of aliphatic hydroxyl groups is 1. The van der Waals surface area contributed by atoms with Crippen molar-refractivity contribution in [3.63, 3.8) is 0 Å². The summed E-state index contributed by atoms with van der Waals surface area (Å²) in [6, 6.07) is 5.68. The number of imide groups is 1. The predicted molar refractivity (Wildman–Crippen MR) is 66.6 cm³/mol. The van der Waals surface area contributed by atoms with Gasteiger partial charge in [-0.1, -0.05) is 6.07 Å². The topological polar surface area (TPSA) is 93.4 Å². The number of benzene rings is 1. The van der Waals surface area contributed by atoms with Gasteiger partial charge in [0.15, 0.2) is 0 Å². The van der Waals surface area contributed by atoms with E-state index in [1.165, 1.54) is 12.1 Å². The van der Waals surface area contributed by atoms with Gasteiger partial charge in [-0.2, -0.15) is 5.26 Å². The molecule has 1 aliphatic rings. The van der Waals surface area contributed by atoms with Crippen molar-refractivity contribution < 1.29 is 19.1 Å². The van der Waals surface area contributed by atoms with E-state index in [4.69, 9.17) is 10.4 Å². The number of anilines is 1. The number of para-hydroxylation sites is 1. The van der Waals surface area contributed by atoms with E-state index in [0.29, 0.717) is 0 Å². The number of hydrogen-bond donors (Lipinski definition) is 2. The Bertz CT molecular complexity index is 649. The van der Waals surface area contributed by atoms with Crippen molar-refractivity contribution in [2.75, 3.05) is 18.5 Å². The van der Waals surface area contributed by atoms with Crippen molar-refractivity contribution in [2.24, 2.45) is 0 Å². The quantitative estimate of drug-likeness (QED) is 0.773. The lowest BCUT2D eigenvalue weighted by Gasteiger charge is -2.14. The molecule has 0 fully saturated rings. The van der Waals surface area contributed by atoms with Gasteiger partial charge in [-0.25, -0.2) is 4.39 Å². The van der Waals surface area contributed by atoms with E-state index in [9.17, 15) is 14.0 Å². The molecule has 0 atom stereocenters. The first-order chi connectivity index (χ1) is 9.58. The third kappa shape index (κ3) is 2.37. The van der Waals surface area contributed by atoms with Crippen LogP contribution < -0.4 is 5.32 Å². The van der Waals surface area contributed by atoms with E-state index in [2.05, 4.69) is 5.32 Å². The number of nitrogens with zero attached hydrogens (tertiary/aromatic N) is 2. The zero-order valence-corrected chi connectivity index (χ0v) is 10.3. The molecule has 1 aliphatic heterocycles. The summed E-state index contributed by atoms with van der Waals surface area (Å²) in [5.74, 6) is -1.97. The van der Waals surface area contributed by atoms with E-state index in [-0.39, 0.29) is 30.1 Å². The van der Waals surface area contributed by atoms with E-state index >= 15 is 0 Å². The highest BCUT2D eigenvalue weighted by atomic mass is 19.1. The minimum atomic E-state index is -0.703. The average Bonchev–Trinajstić information content (AvgIpc) is 2.69. The normalized spacial score (nSPS) is 14.2. The Morgan fingerprint density at radius 3 is 2.80 bits per heavy atom. The second-order valence-electron chi connectivity index (χ2n) is 3.98. The molecule has 2 rings (SSSR count). The average molecular weight is 275 g/mol. The predicted octanol–water partition coefficient (Wildman–Crippen LogP) is 0.354. The molecular formula is C13H10FN3O3. The molecule has 0 saturated heterocycles. The molecular weight excluding hydrogens is 265 g/mol. The first kappa shape index (κ1) is 13.7. The second kappa shape index (κ2) is 5.50. The highest BCUT2D eigenvalue weighted by Gasteiger charge is 2.31. The molecule has 1 aromatic carbocycles. The fourth-order valence-corrected chi connectivity index (χ4v) is 1.79. The molecule has 1 heterocycles. The van der Waals surface area contributed by atoms with Gasteiger partial charge in [0.05, 0.1) is 24.4 Å². The van der Waals surface area contributed by atoms with Crippen molar-refractivity contribution in [3.05, 3.63) is 41.4 Å². The van der Waals surface area contributed by atoms with Crippen molar-refractivity contribution in [1.29, 1.82) is 5.26 Å². The van der Waals surface area contributed by atoms with Crippen LogP contribution in [-0.4, -0.2) is 35.0 Å². The first-order valence-corrected chi connectivity index (χ1v) is 5.72. The number of halogens is 1. The van der Waals surface area contributed by atoms with Crippen LogP contribution in [-0.2, 0) is 9.59 Å². The van der Waals surface area contributed by atoms with E-state index < -0.39 is 17.6 Å². The van der Waals surface area contributed by atoms with Crippen LogP contribution in [0.4, 0.5) is 10.1 Å². The van der Waals surface area contributed by atoms with Gasteiger partial charge in [0, 0.05) is 6.08 Å². The summed E-state index contributed by atoms with van der Waals surface area (Å²) in [5, 5.41) is 20.1. The van der Waals surface area contributed by atoms with Gasteiger partial charge in [-0.05, 0) is 12.1 Å². The molecule has 0 bridgehead atoms. The number of rotatable bonds is 4. The number of amides is 2. The van der Waals surface area contributed by atoms with Crippen molar-refractivity contribution in [2.45, 2.75) is 0 Å². The Kier molecular flexibility index (Phi) is 3.77. The lowest BCUT2D eigenvalue weighted by Crippen LogP contribution is -2.34. The standard InChI is InChI=1S/C13H10FN3O3/c14-9-3-1-2-8(7-15)12(9)16-10-6-11(19)17(4-5-18)13(10)20/h1-3,6,16,18H,4-5H2. The molecule has 2 amide bonds. The number of carbonyl (C=O) groups excluding carboxylic acids is 2. The largest absolute Gasteiger partial charge is 0.395 e. The van der Waals surface area contributed by atoms with Crippen LogP contribution in [0.2, 0.25) is 0 Å². The van der Waals surface area contributed by atoms with Crippen LogP contribution in [0.3, 0.4) is 0 Å². The summed E-state index contributed by atoms with van der Waals surface area (Å²) in [5.41, 5.74) is -0.273. The third-order valence-electron chi connectivity index (χ3n) is 2.73. The monoisotopic (exact) mass is 275 g/mol. The van der Waals surface area contributed by atoms with Gasteiger partial charge < -0.3 is 10.4 Å². The second-order valence-corrected chi connectivity index (χ2v) is 3.98. The maximum atomic E-state index is 13.7. The summed E-state index contributed by atoms with van der Waals surface area (Å²) in [6.07, 6.45) is 1.01. The number of hydrogen-bond acceptors (Lipinski definition) is 5. The van der Waals surface area contributed by atoms with E-state index in [1.807, 2.05) is 0 Å². The Hall–Kier alpha value is -2.72. The SMILES string of the molecule is N#Cc1cccc(F)c1NC1=CC(=O)N(CCO)C1=O. The number of β-amino-alcohol motifs (C(OH)–C–C–N with tert-alkyl or cyclic N) is 1. The highest BCUT2D eigenvalue weighted by molar-refractivity contribution is 6.17. The summed E-state index contributed by atoms with van der Waals surface area (Å²) >= 11 is 0. The van der Waals surface area contributed by atoms with Crippen LogP contribution in [0.25, 0.3) is 0 Å². The Labute approximate surface area is 113 Å². The minimum absolute atomic E-state index is 0.0201. The van der Waals surface area contributed by atoms with E-state index in [1.54, 1.807) is 6.07 Å². The molecule has 0 spiro atoms. The zero-order valence-electron chi connectivity index (χ0n) is 10.3. The molecule has 0 aromatic heterocycles. The van der Waals surface area contributed by atoms with E-state index in [0.717, 1.165) is 17.0 Å². The Balaban J connectivity index is 2.29. The smallest absolute Gasteiger partial charge is 0.277 e. The molecule has 0 aliphatic carbocycles. The highest BCUT2D eigenvalue weighted by Crippen LogP contribution is 2.23. The van der Waals surface area contributed by atoms with Crippen molar-refractivity contribution in [1.82, 2.24) is 4.90 Å². The fraction of sp³-hybridized carbons (Fsp3) is 0.154. The third-order valence-corrected chi connectivity index (χ3v) is 2.73. The van der Waals surface area contributed by atoms with Crippen LogP contribution in [0.15, 0.2) is 30.0 Å². The van der Waals surface area contributed by atoms with Gasteiger partial charge in [-0.15, -0.1) is 0 Å². The summed E-state index contributed by atoms with van der Waals surface area (Å²) < 4.78 is 13.7. The lowest BCUT2D eigenvalue weighted by atomic mass is 10.2. The van der Waals surface area contributed by atoms with Gasteiger partial charge in [0.25, 0.3) is 11.8 Å². The fourth-order valence-electron chi connectivity index (χ4n) is 1.79. The van der Waals surface area contributed by atoms with Crippen LogP contribution in [0.5, 0.6) is 0 Å². The number of aliphatic hydroxyl groups excluding tert-OH is 1. The minimum Gasteiger partial charge on any atom is -0.395 e. The Morgan fingerprint density at radius 1 is 1.40 bits per heavy atom.